The van der Waals surface area contributed by atoms with Crippen molar-refractivity contribution in [3.8, 4) is 11.1 Å². The minimum atomic E-state index is 0.0737. The van der Waals surface area contributed by atoms with E-state index < -0.39 is 0 Å². The summed E-state index contributed by atoms with van der Waals surface area (Å²) in [5.74, 6) is 0. The van der Waals surface area contributed by atoms with Gasteiger partial charge in [-0.25, -0.2) is 0 Å². The van der Waals surface area contributed by atoms with Crippen LogP contribution in [-0.2, 0) is 19.9 Å². The Morgan fingerprint density at radius 3 is 2.10 bits per heavy atom. The minimum Gasteiger partial charge on any atom is -0.318 e. The van der Waals surface area contributed by atoms with Gasteiger partial charge in [0.2, 0.25) is 0 Å². The number of rotatable bonds is 3. The molecular weight excluding hydrogens is 258 g/mol. The van der Waals surface area contributed by atoms with Crippen molar-refractivity contribution in [2.75, 3.05) is 0 Å². The second-order valence-electron chi connectivity index (χ2n) is 5.02. The van der Waals surface area contributed by atoms with E-state index in [0.717, 1.165) is 24.0 Å². The van der Waals surface area contributed by atoms with Crippen LogP contribution in [0.15, 0.2) is 35.3 Å². The number of benzene rings is 1. The van der Waals surface area contributed by atoms with Crippen LogP contribution in [-0.4, -0.2) is 4.57 Å². The normalized spacial score (nSPS) is 10.0. The van der Waals surface area contributed by atoms with E-state index in [1.807, 2.05) is 33.0 Å². The first-order chi connectivity index (χ1) is 10.1. The van der Waals surface area contributed by atoms with Gasteiger partial charge in [0, 0.05) is 18.8 Å². The van der Waals surface area contributed by atoms with Gasteiger partial charge in [0.15, 0.2) is 0 Å². The highest BCUT2D eigenvalue weighted by atomic mass is 16.1. The van der Waals surface area contributed by atoms with Crippen LogP contribution in [0.2, 0.25) is 0 Å². The summed E-state index contributed by atoms with van der Waals surface area (Å²) in [6.45, 7) is 10.2. The molecule has 0 radical (unpaired) electrons. The van der Waals surface area contributed by atoms with Crippen molar-refractivity contribution in [2.24, 2.45) is 7.05 Å². The van der Waals surface area contributed by atoms with Crippen molar-refractivity contribution in [1.29, 1.82) is 0 Å². The Labute approximate surface area is 128 Å². The Morgan fingerprint density at radius 1 is 0.952 bits per heavy atom. The lowest BCUT2D eigenvalue weighted by atomic mass is 9.97. The zero-order valence-corrected chi connectivity index (χ0v) is 14.2. The van der Waals surface area contributed by atoms with Crippen molar-refractivity contribution in [3.05, 3.63) is 57.5 Å². The van der Waals surface area contributed by atoms with E-state index in [9.17, 15) is 4.79 Å². The van der Waals surface area contributed by atoms with Crippen LogP contribution in [0.1, 0.15) is 44.4 Å². The summed E-state index contributed by atoms with van der Waals surface area (Å²) in [7, 11) is 1.81. The maximum absolute atomic E-state index is 11.7. The molecule has 0 N–H and O–H groups in total. The van der Waals surface area contributed by atoms with E-state index in [1.165, 1.54) is 16.7 Å². The van der Waals surface area contributed by atoms with Gasteiger partial charge in [-0.3, -0.25) is 4.79 Å². The zero-order chi connectivity index (χ0) is 16.0. The third kappa shape index (κ3) is 3.84. The highest BCUT2D eigenvalue weighted by molar-refractivity contribution is 5.64. The summed E-state index contributed by atoms with van der Waals surface area (Å²) in [6.07, 6.45) is 4.02. The maximum atomic E-state index is 11.7. The van der Waals surface area contributed by atoms with Crippen molar-refractivity contribution >= 4 is 0 Å². The second-order valence-corrected chi connectivity index (χ2v) is 5.02. The highest BCUT2D eigenvalue weighted by Gasteiger charge is 2.06. The molecule has 0 amide bonds. The van der Waals surface area contributed by atoms with Crippen molar-refractivity contribution in [2.45, 2.75) is 47.5 Å². The van der Waals surface area contributed by atoms with Gasteiger partial charge in [0.25, 0.3) is 5.56 Å². The molecule has 0 aliphatic rings. The number of pyridine rings is 1. The first-order valence-corrected chi connectivity index (χ1v) is 7.86. The number of hydrogen-bond donors (Lipinski definition) is 0. The molecule has 0 saturated heterocycles. The van der Waals surface area contributed by atoms with Crippen molar-refractivity contribution < 1.29 is 0 Å². The lowest BCUT2D eigenvalue weighted by Gasteiger charge is -2.11. The molecular formula is C19H27NO. The van der Waals surface area contributed by atoms with Gasteiger partial charge >= 0.3 is 0 Å². The van der Waals surface area contributed by atoms with Crippen LogP contribution in [0.5, 0.6) is 0 Å². The molecule has 1 heterocycles. The summed E-state index contributed by atoms with van der Waals surface area (Å²) in [4.78, 5) is 11.7. The molecule has 0 unspecified atom stereocenters. The predicted molar refractivity (Wildman–Crippen MR) is 92.0 cm³/mol. The third-order valence-corrected chi connectivity index (χ3v) is 3.66. The molecule has 1 aromatic heterocycles. The van der Waals surface area contributed by atoms with Crippen LogP contribution in [0.3, 0.4) is 0 Å². The van der Waals surface area contributed by atoms with Gasteiger partial charge in [0.05, 0.1) is 0 Å². The smallest absolute Gasteiger partial charge is 0.253 e. The Bertz CT molecular complexity index is 627. The van der Waals surface area contributed by atoms with Gasteiger partial charge < -0.3 is 4.57 Å². The lowest BCUT2D eigenvalue weighted by Crippen LogP contribution is -2.18. The molecule has 0 spiro atoms. The Morgan fingerprint density at radius 2 is 1.57 bits per heavy atom. The summed E-state index contributed by atoms with van der Waals surface area (Å²) in [5.41, 5.74) is 5.96. The van der Waals surface area contributed by atoms with Crippen LogP contribution in [0, 0.1) is 6.92 Å². The van der Waals surface area contributed by atoms with Crippen molar-refractivity contribution in [1.82, 2.24) is 4.57 Å². The molecule has 1 aromatic carbocycles. The molecule has 0 bridgehead atoms. The van der Waals surface area contributed by atoms with Crippen LogP contribution < -0.4 is 5.56 Å². The highest BCUT2D eigenvalue weighted by Crippen LogP contribution is 2.23. The van der Waals surface area contributed by atoms with Gasteiger partial charge in [-0.15, -0.1) is 0 Å². The molecule has 0 saturated carbocycles. The minimum absolute atomic E-state index is 0.0737. The summed E-state index contributed by atoms with van der Waals surface area (Å²) in [6, 6.07) is 8.58. The molecule has 0 atom stereocenters. The fraction of sp³-hybridized carbons (Fsp3) is 0.421. The average Bonchev–Trinajstić information content (AvgIpc) is 2.53. The molecule has 21 heavy (non-hydrogen) atoms. The van der Waals surface area contributed by atoms with Crippen molar-refractivity contribution in [3.63, 3.8) is 0 Å². The number of aromatic nitrogens is 1. The molecule has 0 aliphatic heterocycles. The van der Waals surface area contributed by atoms with E-state index in [4.69, 9.17) is 0 Å². The van der Waals surface area contributed by atoms with E-state index in [-0.39, 0.29) is 5.56 Å². The fourth-order valence-corrected chi connectivity index (χ4v) is 2.52. The summed E-state index contributed by atoms with van der Waals surface area (Å²) >= 11 is 0. The van der Waals surface area contributed by atoms with Gasteiger partial charge in [-0.2, -0.15) is 0 Å². The van der Waals surface area contributed by atoms with E-state index >= 15 is 0 Å². The van der Waals surface area contributed by atoms with E-state index in [0.29, 0.717) is 0 Å². The van der Waals surface area contributed by atoms with Crippen LogP contribution in [0.25, 0.3) is 11.1 Å². The Kier molecular flexibility index (Phi) is 6.41. The molecule has 2 heteroatoms. The zero-order valence-electron chi connectivity index (χ0n) is 14.2. The molecule has 114 valence electrons. The summed E-state index contributed by atoms with van der Waals surface area (Å²) < 4.78 is 1.66. The maximum Gasteiger partial charge on any atom is 0.253 e. The molecule has 2 rings (SSSR count). The standard InChI is InChI=1S/C17H21NO.C2H6/c1-5-13-7-8-15(10-14(13)6-2)16-9-12(3)17(19)18(4)11-16;1-2/h7-11H,5-6H2,1-4H3;1-2H3. The number of aryl methyl sites for hydroxylation is 4. The average molecular weight is 285 g/mol. The number of nitrogens with zero attached hydrogens (tertiary/aromatic N) is 1. The van der Waals surface area contributed by atoms with E-state index in [1.54, 1.807) is 11.6 Å². The lowest BCUT2D eigenvalue weighted by molar-refractivity contribution is 0.850. The molecule has 0 fully saturated rings. The van der Waals surface area contributed by atoms with Gasteiger partial charge in [0.1, 0.15) is 0 Å². The van der Waals surface area contributed by atoms with Gasteiger partial charge in [-0.1, -0.05) is 45.9 Å². The Balaban J connectivity index is 0.00000106. The second kappa shape index (κ2) is 7.82. The predicted octanol–water partition coefficient (Wildman–Crippen LogP) is 4.51. The fourth-order valence-electron chi connectivity index (χ4n) is 2.52. The molecule has 2 aromatic rings. The Hall–Kier alpha value is -1.83. The largest absolute Gasteiger partial charge is 0.318 e. The first-order valence-electron chi connectivity index (χ1n) is 7.86. The van der Waals surface area contributed by atoms with Crippen LogP contribution in [0.4, 0.5) is 0 Å². The quantitative estimate of drug-likeness (QED) is 0.813. The SMILES string of the molecule is CC.CCc1ccc(-c2cc(C)c(=O)n(C)c2)cc1CC. The van der Waals surface area contributed by atoms with E-state index in [2.05, 4.69) is 32.0 Å². The molecule has 0 aliphatic carbocycles. The van der Waals surface area contributed by atoms with Gasteiger partial charge in [-0.05, 0) is 48.1 Å². The monoisotopic (exact) mass is 285 g/mol. The van der Waals surface area contributed by atoms with Crippen LogP contribution >= 0.6 is 0 Å². The summed E-state index contributed by atoms with van der Waals surface area (Å²) in [5, 5.41) is 0. The third-order valence-electron chi connectivity index (χ3n) is 3.66. The topological polar surface area (TPSA) is 22.0 Å². The molecule has 2 nitrogen and oxygen atoms in total. The first kappa shape index (κ1) is 17.2. The number of hydrogen-bond acceptors (Lipinski definition) is 1.